The van der Waals surface area contributed by atoms with Crippen LogP contribution in [0.5, 0.6) is 0 Å². The number of nitrogens with zero attached hydrogens (tertiary/aromatic N) is 7. The summed E-state index contributed by atoms with van der Waals surface area (Å²) >= 11 is 7.89. The third-order valence-electron chi connectivity index (χ3n) is 9.23. The van der Waals surface area contributed by atoms with Crippen LogP contribution in [0.25, 0.3) is 5.00 Å². The van der Waals surface area contributed by atoms with Gasteiger partial charge in [0.05, 0.1) is 28.8 Å². The SMILES string of the molecule is Cc1sc2c(c1C)C(c1ccc(Cl)cc1)=N[C@@H](CC(=O)Nc1ccc(CN3CCN(c4ccc([N+](=O)[O-])cc4F)CC3)cc1)c1nnc(C)n1-2. The molecule has 1 atom stereocenters. The number of amides is 1. The van der Waals surface area contributed by atoms with E-state index in [-0.39, 0.29) is 18.0 Å². The molecule has 2 aromatic heterocycles. The highest BCUT2D eigenvalue weighted by atomic mass is 35.5. The van der Waals surface area contributed by atoms with Gasteiger partial charge in [0.25, 0.3) is 5.69 Å². The lowest BCUT2D eigenvalue weighted by Gasteiger charge is -2.36. The number of rotatable bonds is 8. The summed E-state index contributed by atoms with van der Waals surface area (Å²) < 4.78 is 16.6. The first-order chi connectivity index (χ1) is 24.0. The molecule has 0 saturated carbocycles. The van der Waals surface area contributed by atoms with Gasteiger partial charge in [0.2, 0.25) is 5.91 Å². The van der Waals surface area contributed by atoms with Crippen LogP contribution in [0.4, 0.5) is 21.5 Å². The fourth-order valence-electron chi connectivity index (χ4n) is 6.48. The number of thiophene rings is 1. The van der Waals surface area contributed by atoms with Crippen LogP contribution in [0.2, 0.25) is 5.02 Å². The molecule has 2 aliphatic heterocycles. The van der Waals surface area contributed by atoms with Crippen LogP contribution in [0, 0.1) is 36.7 Å². The number of anilines is 2. The molecule has 1 fully saturated rings. The van der Waals surface area contributed by atoms with Gasteiger partial charge in [-0.25, -0.2) is 4.39 Å². The lowest BCUT2D eigenvalue weighted by atomic mass is 9.99. The molecule has 0 bridgehead atoms. The molecule has 14 heteroatoms. The quantitative estimate of drug-likeness (QED) is 0.133. The van der Waals surface area contributed by atoms with Crippen molar-refractivity contribution < 1.29 is 14.1 Å². The smallest absolute Gasteiger partial charge is 0.272 e. The number of benzene rings is 3. The summed E-state index contributed by atoms with van der Waals surface area (Å²) in [6.45, 7) is 9.43. The second-order valence-electron chi connectivity index (χ2n) is 12.5. The normalized spacial score (nSPS) is 16.0. The molecule has 0 spiro atoms. The average Bonchev–Trinajstić information content (AvgIpc) is 3.58. The number of nitro benzene ring substituents is 1. The van der Waals surface area contributed by atoms with Crippen molar-refractivity contribution in [3.63, 3.8) is 0 Å². The molecule has 2 aliphatic rings. The van der Waals surface area contributed by atoms with E-state index >= 15 is 0 Å². The highest BCUT2D eigenvalue weighted by molar-refractivity contribution is 7.15. The van der Waals surface area contributed by atoms with Gasteiger partial charge in [-0.05, 0) is 62.2 Å². The molecule has 1 N–H and O–H groups in total. The molecule has 3 aromatic carbocycles. The van der Waals surface area contributed by atoms with E-state index in [0.717, 1.165) is 44.9 Å². The zero-order chi connectivity index (χ0) is 35.1. The number of halogens is 2. The summed E-state index contributed by atoms with van der Waals surface area (Å²) in [6, 6.07) is 18.6. The molecule has 1 amide bonds. The van der Waals surface area contributed by atoms with Crippen molar-refractivity contribution >= 4 is 51.6 Å². The minimum atomic E-state index is -0.595. The van der Waals surface area contributed by atoms with Crippen LogP contribution in [0.15, 0.2) is 71.7 Å². The van der Waals surface area contributed by atoms with Crippen LogP contribution >= 0.6 is 22.9 Å². The Labute approximate surface area is 297 Å². The number of aliphatic imine (C=N–C) groups is 1. The fourth-order valence-corrected chi connectivity index (χ4v) is 7.82. The van der Waals surface area contributed by atoms with Gasteiger partial charge >= 0.3 is 0 Å². The van der Waals surface area contributed by atoms with E-state index in [4.69, 9.17) is 16.6 Å². The molecule has 1 saturated heterocycles. The van der Waals surface area contributed by atoms with Crippen LogP contribution in [-0.4, -0.2) is 62.4 Å². The van der Waals surface area contributed by atoms with E-state index < -0.39 is 16.8 Å². The summed E-state index contributed by atoms with van der Waals surface area (Å²) in [4.78, 5) is 34.4. The van der Waals surface area contributed by atoms with Crippen molar-refractivity contribution in [3.8, 4) is 5.00 Å². The molecule has 5 aromatic rings. The van der Waals surface area contributed by atoms with Crippen molar-refractivity contribution in [3.05, 3.63) is 126 Å². The summed E-state index contributed by atoms with van der Waals surface area (Å²) in [5, 5.41) is 24.5. The lowest BCUT2D eigenvalue weighted by Crippen LogP contribution is -2.46. The van der Waals surface area contributed by atoms with Crippen molar-refractivity contribution in [2.24, 2.45) is 4.99 Å². The maximum atomic E-state index is 14.5. The third-order valence-corrected chi connectivity index (χ3v) is 10.7. The maximum Gasteiger partial charge on any atom is 0.272 e. The monoisotopic (exact) mass is 712 g/mol. The Morgan fingerprint density at radius 1 is 1.02 bits per heavy atom. The first-order valence-corrected chi connectivity index (χ1v) is 17.4. The number of nitrogens with one attached hydrogen (secondary N) is 1. The van der Waals surface area contributed by atoms with E-state index in [1.54, 1.807) is 11.3 Å². The number of aromatic nitrogens is 3. The Kier molecular flexibility index (Phi) is 9.21. The van der Waals surface area contributed by atoms with Crippen LogP contribution < -0.4 is 10.2 Å². The third kappa shape index (κ3) is 6.63. The molecule has 11 nitrogen and oxygen atoms in total. The summed E-state index contributed by atoms with van der Waals surface area (Å²) in [5.41, 5.74) is 5.73. The number of nitro groups is 1. The standard InChI is InChI=1S/C36H34ClFN8O3S/c1-21-22(2)50-36-33(21)34(25-6-8-26(37)9-7-25)40-30(35-42-41-23(3)45(35)36)19-32(47)39-27-10-4-24(5-11-27)20-43-14-16-44(17-15-43)31-13-12-28(46(48)49)18-29(31)38/h4-13,18,30H,14-17,19-20H2,1-3H3,(H,39,47)/t30-/m0/s1. The van der Waals surface area contributed by atoms with E-state index in [1.165, 1.54) is 17.0 Å². The van der Waals surface area contributed by atoms with Gasteiger partial charge in [-0.2, -0.15) is 0 Å². The number of hydrogen-bond acceptors (Lipinski definition) is 9. The number of aryl methyl sites for hydroxylation is 2. The van der Waals surface area contributed by atoms with Crippen LogP contribution in [-0.2, 0) is 11.3 Å². The van der Waals surface area contributed by atoms with E-state index in [0.29, 0.717) is 54.9 Å². The van der Waals surface area contributed by atoms with Gasteiger partial charge in [0.15, 0.2) is 11.6 Å². The summed E-state index contributed by atoms with van der Waals surface area (Å²) in [6.07, 6.45) is 0.0730. The van der Waals surface area contributed by atoms with Gasteiger partial charge in [0, 0.05) is 65.5 Å². The molecular formula is C36H34ClFN8O3S. The molecule has 0 radical (unpaired) electrons. The van der Waals surface area contributed by atoms with Gasteiger partial charge in [-0.3, -0.25) is 29.4 Å². The average molecular weight is 713 g/mol. The molecule has 4 heterocycles. The zero-order valence-corrected chi connectivity index (χ0v) is 29.3. The highest BCUT2D eigenvalue weighted by Crippen LogP contribution is 2.39. The van der Waals surface area contributed by atoms with Crippen molar-refractivity contribution in [1.29, 1.82) is 0 Å². The number of carbonyl (C=O) groups is 1. The van der Waals surface area contributed by atoms with Gasteiger partial charge < -0.3 is 10.2 Å². The Morgan fingerprint density at radius 2 is 1.74 bits per heavy atom. The molecular weight excluding hydrogens is 679 g/mol. The first-order valence-electron chi connectivity index (χ1n) is 16.2. The molecule has 50 heavy (non-hydrogen) atoms. The van der Waals surface area contributed by atoms with Crippen molar-refractivity contribution in [1.82, 2.24) is 19.7 Å². The van der Waals surface area contributed by atoms with Crippen molar-refractivity contribution in [2.45, 2.75) is 39.8 Å². The topological polar surface area (TPSA) is 122 Å². The minimum Gasteiger partial charge on any atom is -0.367 e. The van der Waals surface area contributed by atoms with Gasteiger partial charge in [0.1, 0.15) is 16.9 Å². The first kappa shape index (κ1) is 33.5. The zero-order valence-electron chi connectivity index (χ0n) is 27.7. The summed E-state index contributed by atoms with van der Waals surface area (Å²) in [5.74, 6) is 0.575. The van der Waals surface area contributed by atoms with Gasteiger partial charge in [-0.1, -0.05) is 35.9 Å². The van der Waals surface area contributed by atoms with E-state index in [1.807, 2.05) is 64.9 Å². The number of piperazine rings is 1. The second kappa shape index (κ2) is 13.7. The molecule has 0 unspecified atom stereocenters. The predicted molar refractivity (Wildman–Crippen MR) is 194 cm³/mol. The maximum absolute atomic E-state index is 14.5. The Balaban J connectivity index is 1.02. The number of carbonyl (C=O) groups excluding carboxylic acids is 1. The van der Waals surface area contributed by atoms with Crippen LogP contribution in [0.3, 0.4) is 0 Å². The van der Waals surface area contributed by atoms with E-state index in [2.05, 4.69) is 34.3 Å². The lowest BCUT2D eigenvalue weighted by molar-refractivity contribution is -0.385. The Hall–Kier alpha value is -4.98. The molecule has 7 rings (SSSR count). The number of fused-ring (bicyclic) bond motifs is 3. The second-order valence-corrected chi connectivity index (χ2v) is 14.1. The van der Waals surface area contributed by atoms with Gasteiger partial charge in [-0.15, -0.1) is 21.5 Å². The summed E-state index contributed by atoms with van der Waals surface area (Å²) in [7, 11) is 0. The minimum absolute atomic E-state index is 0.0730. The Bertz CT molecular complexity index is 2120. The fraction of sp³-hybridized carbons (Fsp3) is 0.278. The molecule has 256 valence electrons. The Morgan fingerprint density at radius 3 is 2.42 bits per heavy atom. The number of hydrogen-bond donors (Lipinski definition) is 1. The van der Waals surface area contributed by atoms with Crippen molar-refractivity contribution in [2.75, 3.05) is 36.4 Å². The highest BCUT2D eigenvalue weighted by Gasteiger charge is 2.32. The largest absolute Gasteiger partial charge is 0.367 e. The van der Waals surface area contributed by atoms with E-state index in [9.17, 15) is 19.3 Å². The molecule has 0 aliphatic carbocycles. The van der Waals surface area contributed by atoms with Crippen LogP contribution in [0.1, 0.15) is 51.2 Å². The predicted octanol–water partition coefficient (Wildman–Crippen LogP) is 7.20. The number of non-ortho nitro benzene ring substituents is 1.